The Labute approximate surface area is 185 Å². The zero-order valence-electron chi connectivity index (χ0n) is 16.0. The number of nitrogens with one attached hydrogen (secondary N) is 1. The summed E-state index contributed by atoms with van der Waals surface area (Å²) in [7, 11) is 3.08. The largest absolute Gasteiger partial charge is 0.496 e. The van der Waals surface area contributed by atoms with E-state index in [1.165, 1.54) is 11.9 Å². The molecule has 1 amide bonds. The minimum Gasteiger partial charge on any atom is -0.496 e. The van der Waals surface area contributed by atoms with Gasteiger partial charge in [-0.3, -0.25) is 4.79 Å². The van der Waals surface area contributed by atoms with Crippen LogP contribution in [0.5, 0.6) is 11.5 Å². The normalized spacial score (nSPS) is 10.8. The third-order valence-electron chi connectivity index (χ3n) is 4.41. The van der Waals surface area contributed by atoms with Crippen LogP contribution in [-0.4, -0.2) is 35.1 Å². The first kappa shape index (κ1) is 20.2. The molecule has 4 aromatic rings. The van der Waals surface area contributed by atoms with Crippen LogP contribution in [0.25, 0.3) is 16.7 Å². The van der Waals surface area contributed by atoms with Crippen molar-refractivity contribution in [1.29, 1.82) is 0 Å². The highest BCUT2D eigenvalue weighted by Crippen LogP contribution is 2.27. The predicted molar refractivity (Wildman–Crippen MR) is 119 cm³/mol. The van der Waals surface area contributed by atoms with Crippen molar-refractivity contribution in [3.63, 3.8) is 0 Å². The van der Waals surface area contributed by atoms with E-state index in [0.717, 1.165) is 4.47 Å². The van der Waals surface area contributed by atoms with E-state index in [-0.39, 0.29) is 5.91 Å². The maximum atomic E-state index is 12.7. The number of hydrogen-bond donors (Lipinski definition) is 1. The lowest BCUT2D eigenvalue weighted by atomic mass is 10.2. The number of halogens is 2. The van der Waals surface area contributed by atoms with Crippen LogP contribution in [0.4, 0.5) is 5.69 Å². The minimum absolute atomic E-state index is 0.290. The Morgan fingerprint density at radius 1 is 0.967 bits per heavy atom. The summed E-state index contributed by atoms with van der Waals surface area (Å²) < 4.78 is 11.2. The lowest BCUT2D eigenvalue weighted by molar-refractivity contribution is 0.102. The number of benzene rings is 3. The zero-order chi connectivity index (χ0) is 21.3. The van der Waals surface area contributed by atoms with Crippen molar-refractivity contribution in [1.82, 2.24) is 15.0 Å². The fraction of sp³-hybridized carbons (Fsp3) is 0.0952. The summed E-state index contributed by atoms with van der Waals surface area (Å²) in [4.78, 5) is 14.2. The topological polar surface area (TPSA) is 78.3 Å². The molecular formula is C21H16BrClN4O3. The lowest BCUT2D eigenvalue weighted by Crippen LogP contribution is -2.13. The van der Waals surface area contributed by atoms with Gasteiger partial charge in [-0.05, 0) is 54.6 Å². The number of ether oxygens (including phenoxy) is 2. The number of methoxy groups -OCH3 is 2. The van der Waals surface area contributed by atoms with Gasteiger partial charge in [0.25, 0.3) is 5.91 Å². The van der Waals surface area contributed by atoms with Gasteiger partial charge in [0.15, 0.2) is 0 Å². The molecule has 0 aliphatic heterocycles. The number of hydrogen-bond acceptors (Lipinski definition) is 5. The van der Waals surface area contributed by atoms with Crippen LogP contribution in [0, 0.1) is 0 Å². The molecule has 1 aromatic heterocycles. The van der Waals surface area contributed by atoms with Crippen LogP contribution in [0.2, 0.25) is 5.02 Å². The molecule has 1 N–H and O–H groups in total. The van der Waals surface area contributed by atoms with E-state index in [0.29, 0.717) is 44.5 Å². The molecule has 9 heteroatoms. The average molecular weight is 488 g/mol. The molecule has 1 heterocycles. The van der Waals surface area contributed by atoms with Crippen LogP contribution in [-0.2, 0) is 0 Å². The molecule has 0 spiro atoms. The van der Waals surface area contributed by atoms with E-state index in [9.17, 15) is 4.79 Å². The molecule has 0 saturated carbocycles. The second-order valence-corrected chi connectivity index (χ2v) is 7.63. The quantitative estimate of drug-likeness (QED) is 0.423. The highest BCUT2D eigenvalue weighted by Gasteiger charge is 2.14. The van der Waals surface area contributed by atoms with Crippen molar-refractivity contribution in [3.8, 4) is 17.2 Å². The van der Waals surface area contributed by atoms with Gasteiger partial charge in [0.2, 0.25) is 0 Å². The van der Waals surface area contributed by atoms with Crippen molar-refractivity contribution in [2.75, 3.05) is 19.5 Å². The Morgan fingerprint density at radius 3 is 2.43 bits per heavy atom. The van der Waals surface area contributed by atoms with E-state index < -0.39 is 0 Å². The number of carbonyl (C=O) groups excluding carboxylic acids is 1. The van der Waals surface area contributed by atoms with Gasteiger partial charge in [-0.2, -0.15) is 4.80 Å². The van der Waals surface area contributed by atoms with Gasteiger partial charge >= 0.3 is 0 Å². The number of aromatic nitrogens is 3. The zero-order valence-corrected chi connectivity index (χ0v) is 18.4. The number of fused-ring (bicyclic) bond motifs is 1. The van der Waals surface area contributed by atoms with Crippen molar-refractivity contribution < 1.29 is 14.3 Å². The molecule has 0 radical (unpaired) electrons. The Bertz CT molecular complexity index is 1260. The van der Waals surface area contributed by atoms with Gasteiger partial charge in [-0.15, -0.1) is 10.2 Å². The molecule has 4 rings (SSSR count). The molecule has 152 valence electrons. The SMILES string of the molecule is COc1ccc(-n2nc3ccc(NC(=O)c4cc(Br)ccc4OC)cc3n2)cc1Cl. The average Bonchev–Trinajstić information content (AvgIpc) is 3.17. The number of nitrogens with zero attached hydrogens (tertiary/aromatic N) is 3. The number of rotatable bonds is 5. The Morgan fingerprint density at radius 2 is 1.70 bits per heavy atom. The molecule has 0 aliphatic rings. The summed E-state index contributed by atoms with van der Waals surface area (Å²) in [6.07, 6.45) is 0. The molecule has 0 fully saturated rings. The van der Waals surface area contributed by atoms with Crippen LogP contribution >= 0.6 is 27.5 Å². The van der Waals surface area contributed by atoms with E-state index >= 15 is 0 Å². The van der Waals surface area contributed by atoms with Gasteiger partial charge in [-0.1, -0.05) is 27.5 Å². The second kappa shape index (κ2) is 8.33. The van der Waals surface area contributed by atoms with E-state index in [2.05, 4.69) is 31.4 Å². The van der Waals surface area contributed by atoms with Gasteiger partial charge in [-0.25, -0.2) is 0 Å². The Kier molecular flexibility index (Phi) is 5.61. The van der Waals surface area contributed by atoms with E-state index in [1.54, 1.807) is 49.6 Å². The van der Waals surface area contributed by atoms with Crippen LogP contribution in [0.1, 0.15) is 10.4 Å². The highest BCUT2D eigenvalue weighted by molar-refractivity contribution is 9.10. The van der Waals surface area contributed by atoms with Gasteiger partial charge < -0.3 is 14.8 Å². The summed E-state index contributed by atoms with van der Waals surface area (Å²) in [5, 5.41) is 12.3. The molecule has 0 aliphatic carbocycles. The second-order valence-electron chi connectivity index (χ2n) is 6.31. The Balaban J connectivity index is 1.62. The minimum atomic E-state index is -0.290. The van der Waals surface area contributed by atoms with Crippen molar-refractivity contribution in [2.45, 2.75) is 0 Å². The lowest BCUT2D eigenvalue weighted by Gasteiger charge is -2.09. The van der Waals surface area contributed by atoms with E-state index in [1.807, 2.05) is 12.1 Å². The standard InChI is InChI=1S/C21H16BrClN4O3/c1-29-19-7-3-12(22)9-15(19)21(28)24-13-4-6-17-18(10-13)26-27(25-17)14-5-8-20(30-2)16(23)11-14/h3-11H,1-2H3,(H,24,28). The van der Waals surface area contributed by atoms with Crippen molar-refractivity contribution in [2.24, 2.45) is 0 Å². The van der Waals surface area contributed by atoms with Crippen molar-refractivity contribution in [3.05, 3.63) is 69.7 Å². The van der Waals surface area contributed by atoms with Crippen LogP contribution in [0.15, 0.2) is 59.1 Å². The van der Waals surface area contributed by atoms with Crippen molar-refractivity contribution >= 4 is 50.2 Å². The van der Waals surface area contributed by atoms with Crippen LogP contribution in [0.3, 0.4) is 0 Å². The van der Waals surface area contributed by atoms with E-state index in [4.69, 9.17) is 21.1 Å². The highest BCUT2D eigenvalue weighted by atomic mass is 79.9. The summed E-state index contributed by atoms with van der Waals surface area (Å²) in [5.74, 6) is 0.769. The molecule has 30 heavy (non-hydrogen) atoms. The van der Waals surface area contributed by atoms with Crippen LogP contribution < -0.4 is 14.8 Å². The molecule has 0 bridgehead atoms. The number of anilines is 1. The first-order chi connectivity index (χ1) is 14.5. The molecule has 3 aromatic carbocycles. The van der Waals surface area contributed by atoms with Gasteiger partial charge in [0, 0.05) is 10.2 Å². The van der Waals surface area contributed by atoms with Gasteiger partial charge in [0.1, 0.15) is 22.5 Å². The summed E-state index contributed by atoms with van der Waals surface area (Å²) in [5.41, 5.74) is 3.01. The summed E-state index contributed by atoms with van der Waals surface area (Å²) in [6, 6.07) is 15.8. The molecule has 7 nitrogen and oxygen atoms in total. The number of amides is 1. The summed E-state index contributed by atoms with van der Waals surface area (Å²) >= 11 is 9.58. The maximum Gasteiger partial charge on any atom is 0.259 e. The predicted octanol–water partition coefficient (Wildman–Crippen LogP) is 5.11. The van der Waals surface area contributed by atoms with Gasteiger partial charge in [0.05, 0.1) is 30.5 Å². The monoisotopic (exact) mass is 486 g/mol. The fourth-order valence-electron chi connectivity index (χ4n) is 2.94. The maximum absolute atomic E-state index is 12.7. The molecular weight excluding hydrogens is 472 g/mol. The molecule has 0 saturated heterocycles. The third-order valence-corrected chi connectivity index (χ3v) is 5.20. The first-order valence-corrected chi connectivity index (χ1v) is 10.0. The Hall–Kier alpha value is -3.10. The smallest absolute Gasteiger partial charge is 0.259 e. The fourth-order valence-corrected chi connectivity index (χ4v) is 3.56. The first-order valence-electron chi connectivity index (χ1n) is 8.84. The third kappa shape index (κ3) is 3.96. The summed E-state index contributed by atoms with van der Waals surface area (Å²) in [6.45, 7) is 0. The molecule has 0 unspecified atom stereocenters. The number of carbonyl (C=O) groups is 1. The molecule has 0 atom stereocenters.